The van der Waals surface area contributed by atoms with Crippen molar-refractivity contribution in [1.82, 2.24) is 4.90 Å². The van der Waals surface area contributed by atoms with Gasteiger partial charge in [-0.2, -0.15) is 0 Å². The zero-order valence-corrected chi connectivity index (χ0v) is 15.6. The molecule has 1 aliphatic heterocycles. The van der Waals surface area contributed by atoms with E-state index >= 15 is 0 Å². The number of piperidine rings is 1. The molecule has 0 aromatic heterocycles. The SMILES string of the molecule is CCOC(=O)c1cc(OCC)c(C2CCN(C(=O)O)CC2)c(OCC)c1. The molecule has 0 atom stereocenters. The van der Waals surface area contributed by atoms with Gasteiger partial charge in [0, 0.05) is 18.7 Å². The number of esters is 1. The van der Waals surface area contributed by atoms with Crippen molar-refractivity contribution in [3.8, 4) is 11.5 Å². The van der Waals surface area contributed by atoms with Crippen molar-refractivity contribution in [3.05, 3.63) is 23.3 Å². The summed E-state index contributed by atoms with van der Waals surface area (Å²) in [5.41, 5.74) is 1.30. The van der Waals surface area contributed by atoms with Crippen LogP contribution < -0.4 is 9.47 Å². The number of carboxylic acid groups (broad SMARTS) is 1. The Bertz CT molecular complexity index is 610. The number of likely N-dealkylation sites (tertiary alicyclic amines) is 1. The zero-order chi connectivity index (χ0) is 19.1. The Balaban J connectivity index is 2.39. The van der Waals surface area contributed by atoms with E-state index in [1.165, 1.54) is 4.90 Å². The maximum Gasteiger partial charge on any atom is 0.407 e. The van der Waals surface area contributed by atoms with Crippen molar-refractivity contribution in [2.45, 2.75) is 39.5 Å². The molecule has 7 heteroatoms. The number of benzene rings is 1. The highest BCUT2D eigenvalue weighted by Crippen LogP contribution is 2.42. The first kappa shape index (κ1) is 19.9. The molecule has 1 aromatic carbocycles. The van der Waals surface area contributed by atoms with Gasteiger partial charge in [0.25, 0.3) is 0 Å². The highest BCUT2D eigenvalue weighted by atomic mass is 16.5. The number of amides is 1. The minimum absolute atomic E-state index is 0.116. The smallest absolute Gasteiger partial charge is 0.407 e. The third kappa shape index (κ3) is 4.59. The van der Waals surface area contributed by atoms with Crippen molar-refractivity contribution in [3.63, 3.8) is 0 Å². The van der Waals surface area contributed by atoms with Crippen molar-refractivity contribution in [2.24, 2.45) is 0 Å². The number of carbonyl (C=O) groups excluding carboxylic acids is 1. The van der Waals surface area contributed by atoms with Crippen LogP contribution in [-0.4, -0.2) is 55.0 Å². The largest absolute Gasteiger partial charge is 0.493 e. The Labute approximate surface area is 153 Å². The quantitative estimate of drug-likeness (QED) is 0.744. The van der Waals surface area contributed by atoms with Crippen LogP contribution in [0.1, 0.15) is 55.5 Å². The van der Waals surface area contributed by atoms with Crippen LogP contribution in [0.4, 0.5) is 4.79 Å². The molecule has 0 spiro atoms. The molecule has 1 aliphatic rings. The molecule has 0 radical (unpaired) electrons. The number of rotatable bonds is 7. The molecule has 26 heavy (non-hydrogen) atoms. The second-order valence-corrected chi connectivity index (χ2v) is 6.02. The lowest BCUT2D eigenvalue weighted by atomic mass is 9.87. The van der Waals surface area contributed by atoms with E-state index in [4.69, 9.17) is 19.3 Å². The lowest BCUT2D eigenvalue weighted by Crippen LogP contribution is -2.37. The molecular weight excluding hydrogens is 338 g/mol. The minimum atomic E-state index is -0.892. The van der Waals surface area contributed by atoms with E-state index in [0.717, 1.165) is 5.56 Å². The highest BCUT2D eigenvalue weighted by molar-refractivity contribution is 5.91. The molecule has 1 saturated heterocycles. The van der Waals surface area contributed by atoms with E-state index in [2.05, 4.69) is 0 Å². The summed E-state index contributed by atoms with van der Waals surface area (Å²) in [5.74, 6) is 0.914. The van der Waals surface area contributed by atoms with E-state index < -0.39 is 12.1 Å². The maximum absolute atomic E-state index is 12.2. The molecule has 1 N–H and O–H groups in total. The molecule has 7 nitrogen and oxygen atoms in total. The molecule has 0 bridgehead atoms. The van der Waals surface area contributed by atoms with Gasteiger partial charge in [-0.3, -0.25) is 0 Å². The van der Waals surface area contributed by atoms with Crippen LogP contribution in [0, 0.1) is 0 Å². The van der Waals surface area contributed by atoms with Gasteiger partial charge in [0.05, 0.1) is 25.4 Å². The molecule has 1 aromatic rings. The van der Waals surface area contributed by atoms with Gasteiger partial charge in [0.15, 0.2) is 0 Å². The Kier molecular flexibility index (Phi) is 7.12. The molecule has 0 aliphatic carbocycles. The fourth-order valence-corrected chi connectivity index (χ4v) is 3.25. The summed E-state index contributed by atoms with van der Waals surface area (Å²) >= 11 is 0. The first-order chi connectivity index (χ1) is 12.5. The Hall–Kier alpha value is -2.44. The highest BCUT2D eigenvalue weighted by Gasteiger charge is 2.29. The van der Waals surface area contributed by atoms with Crippen molar-refractivity contribution in [1.29, 1.82) is 0 Å². The molecule has 0 unspecified atom stereocenters. The first-order valence-corrected chi connectivity index (χ1v) is 9.10. The molecule has 1 fully saturated rings. The number of ether oxygens (including phenoxy) is 3. The lowest BCUT2D eigenvalue weighted by molar-refractivity contribution is 0.0525. The second-order valence-electron chi connectivity index (χ2n) is 6.02. The van der Waals surface area contributed by atoms with Crippen LogP contribution in [0.2, 0.25) is 0 Å². The van der Waals surface area contributed by atoms with E-state index in [1.807, 2.05) is 13.8 Å². The Morgan fingerprint density at radius 1 is 1.04 bits per heavy atom. The van der Waals surface area contributed by atoms with E-state index in [9.17, 15) is 9.59 Å². The fourth-order valence-electron chi connectivity index (χ4n) is 3.25. The fraction of sp³-hybridized carbons (Fsp3) is 0.579. The zero-order valence-electron chi connectivity index (χ0n) is 15.6. The van der Waals surface area contributed by atoms with Gasteiger partial charge in [-0.05, 0) is 51.7 Å². The maximum atomic E-state index is 12.2. The monoisotopic (exact) mass is 365 g/mol. The third-order valence-corrected chi connectivity index (χ3v) is 4.39. The van der Waals surface area contributed by atoms with E-state index in [1.54, 1.807) is 19.1 Å². The summed E-state index contributed by atoms with van der Waals surface area (Å²) in [6.07, 6.45) is 0.479. The van der Waals surface area contributed by atoms with Crippen molar-refractivity contribution < 1.29 is 28.9 Å². The topological polar surface area (TPSA) is 85.3 Å². The Morgan fingerprint density at radius 3 is 2.00 bits per heavy atom. The first-order valence-electron chi connectivity index (χ1n) is 9.10. The minimum Gasteiger partial charge on any atom is -0.493 e. The number of hydrogen-bond acceptors (Lipinski definition) is 5. The van der Waals surface area contributed by atoms with Gasteiger partial charge in [-0.15, -0.1) is 0 Å². The molecule has 1 heterocycles. The van der Waals surface area contributed by atoms with Crippen LogP contribution in [-0.2, 0) is 4.74 Å². The van der Waals surface area contributed by atoms with Gasteiger partial charge in [-0.25, -0.2) is 9.59 Å². The summed E-state index contributed by atoms with van der Waals surface area (Å²) in [5, 5.41) is 9.15. The number of carbonyl (C=O) groups is 2. The summed E-state index contributed by atoms with van der Waals surface area (Å²) in [6, 6.07) is 3.39. The normalized spacial score (nSPS) is 14.8. The van der Waals surface area contributed by atoms with Crippen molar-refractivity contribution >= 4 is 12.1 Å². The molecule has 144 valence electrons. The van der Waals surface area contributed by atoms with E-state index in [0.29, 0.717) is 62.8 Å². The Morgan fingerprint density at radius 2 is 1.58 bits per heavy atom. The average Bonchev–Trinajstić information content (AvgIpc) is 2.62. The predicted octanol–water partition coefficient (Wildman–Crippen LogP) is 3.52. The van der Waals surface area contributed by atoms with Gasteiger partial charge in [-0.1, -0.05) is 0 Å². The third-order valence-electron chi connectivity index (χ3n) is 4.39. The standard InChI is InChI=1S/C19H27NO6/c1-4-24-15-11-14(18(21)26-6-3)12-16(25-5-2)17(15)13-7-9-20(10-8-13)19(22)23/h11-13H,4-10H2,1-3H3,(H,22,23). The van der Waals surface area contributed by atoms with Crippen LogP contribution in [0.25, 0.3) is 0 Å². The molecule has 2 rings (SSSR count). The summed E-state index contributed by atoms with van der Waals surface area (Å²) in [4.78, 5) is 24.7. The predicted molar refractivity (Wildman–Crippen MR) is 96.3 cm³/mol. The lowest BCUT2D eigenvalue weighted by Gasteiger charge is -2.32. The molecular formula is C19H27NO6. The van der Waals surface area contributed by atoms with Crippen LogP contribution >= 0.6 is 0 Å². The summed E-state index contributed by atoms with van der Waals surface area (Å²) < 4.78 is 16.7. The van der Waals surface area contributed by atoms with E-state index in [-0.39, 0.29) is 5.92 Å². The second kappa shape index (κ2) is 9.31. The van der Waals surface area contributed by atoms with Gasteiger partial charge >= 0.3 is 12.1 Å². The van der Waals surface area contributed by atoms with Crippen LogP contribution in [0.3, 0.4) is 0 Å². The average molecular weight is 365 g/mol. The summed E-state index contributed by atoms with van der Waals surface area (Å²) in [6.45, 7) is 7.67. The van der Waals surface area contributed by atoms with Crippen LogP contribution in [0.5, 0.6) is 11.5 Å². The molecule has 0 saturated carbocycles. The number of nitrogens with zero attached hydrogens (tertiary/aromatic N) is 1. The van der Waals surface area contributed by atoms with Crippen molar-refractivity contribution in [2.75, 3.05) is 32.9 Å². The molecule has 1 amide bonds. The number of hydrogen-bond donors (Lipinski definition) is 1. The summed E-state index contributed by atoms with van der Waals surface area (Å²) in [7, 11) is 0. The van der Waals surface area contributed by atoms with Gasteiger partial charge in [0.1, 0.15) is 11.5 Å². The van der Waals surface area contributed by atoms with Crippen LogP contribution in [0.15, 0.2) is 12.1 Å². The van der Waals surface area contributed by atoms with Gasteiger partial charge in [0.2, 0.25) is 0 Å². The van der Waals surface area contributed by atoms with Gasteiger partial charge < -0.3 is 24.2 Å².